The number of non-ortho nitro benzene ring substituents is 1. The highest BCUT2D eigenvalue weighted by Crippen LogP contribution is 2.23. The van der Waals surface area contributed by atoms with Gasteiger partial charge in [-0.1, -0.05) is 19.9 Å². The first-order valence-electron chi connectivity index (χ1n) is 7.16. The molecule has 8 heteroatoms. The van der Waals surface area contributed by atoms with Crippen molar-refractivity contribution in [3.63, 3.8) is 0 Å². The van der Waals surface area contributed by atoms with E-state index in [2.05, 4.69) is 4.40 Å². The fraction of sp³-hybridized carbons (Fsp3) is 0.250. The number of hydrogen-bond acceptors (Lipinski definition) is 5. The van der Waals surface area contributed by atoms with Crippen LogP contribution in [-0.2, 0) is 14.8 Å². The Morgan fingerprint density at radius 1 is 1.21 bits per heavy atom. The quantitative estimate of drug-likeness (QED) is 0.472. The Bertz CT molecular complexity index is 908. The number of benzene rings is 1. The maximum Gasteiger partial charge on any atom is 0.283 e. The summed E-state index contributed by atoms with van der Waals surface area (Å²) in [6.45, 7) is 5.24. The summed E-state index contributed by atoms with van der Waals surface area (Å²) in [7, 11) is -4.13. The number of carbonyl (C=O) groups is 1. The van der Waals surface area contributed by atoms with E-state index in [0.717, 1.165) is 6.07 Å². The van der Waals surface area contributed by atoms with Gasteiger partial charge in [-0.05, 0) is 36.6 Å². The molecule has 126 valence electrons. The number of nitro benzene ring substituents is 1. The third-order valence-corrected chi connectivity index (χ3v) is 4.78. The Hall–Kier alpha value is -2.61. The lowest BCUT2D eigenvalue weighted by molar-refractivity contribution is -0.385. The molecule has 0 radical (unpaired) electrons. The number of rotatable bonds is 4. The molecule has 0 saturated heterocycles. The number of ketones is 1. The maximum atomic E-state index is 12.4. The Labute approximate surface area is 139 Å². The third-order valence-electron chi connectivity index (χ3n) is 3.50. The third kappa shape index (κ3) is 3.65. The zero-order valence-electron chi connectivity index (χ0n) is 13.4. The molecular weight excluding hydrogens is 332 g/mol. The summed E-state index contributed by atoms with van der Waals surface area (Å²) in [6.07, 6.45) is 2.80. The van der Waals surface area contributed by atoms with Crippen molar-refractivity contribution in [2.45, 2.75) is 25.7 Å². The van der Waals surface area contributed by atoms with E-state index in [-0.39, 0.29) is 28.0 Å². The monoisotopic (exact) mass is 348 g/mol. The number of allylic oxidation sites excluding steroid dienone is 4. The molecule has 0 N–H and O–H groups in total. The molecule has 0 atom stereocenters. The van der Waals surface area contributed by atoms with Gasteiger partial charge in [-0.25, -0.2) is 0 Å². The van der Waals surface area contributed by atoms with Gasteiger partial charge >= 0.3 is 0 Å². The SMILES string of the molecule is CC1=CC(=O)C(C(C)C)=C/C1=N\S(=O)(=O)c1cccc([N+](=O)[O-])c1. The van der Waals surface area contributed by atoms with Crippen LogP contribution in [0.25, 0.3) is 0 Å². The molecule has 0 aromatic heterocycles. The fourth-order valence-corrected chi connectivity index (χ4v) is 3.26. The van der Waals surface area contributed by atoms with E-state index in [4.69, 9.17) is 0 Å². The highest BCUT2D eigenvalue weighted by atomic mass is 32.2. The molecule has 7 nitrogen and oxygen atoms in total. The highest BCUT2D eigenvalue weighted by molar-refractivity contribution is 7.90. The van der Waals surface area contributed by atoms with Gasteiger partial charge in [-0.3, -0.25) is 14.9 Å². The first kappa shape index (κ1) is 17.7. The van der Waals surface area contributed by atoms with Gasteiger partial charge in [0.2, 0.25) is 0 Å². The molecule has 1 aliphatic rings. The topological polar surface area (TPSA) is 107 Å². The first-order chi connectivity index (χ1) is 11.1. The lowest BCUT2D eigenvalue weighted by Gasteiger charge is -2.15. The van der Waals surface area contributed by atoms with Gasteiger partial charge in [0.25, 0.3) is 15.7 Å². The van der Waals surface area contributed by atoms with Gasteiger partial charge in [0.1, 0.15) is 0 Å². The minimum Gasteiger partial charge on any atom is -0.290 e. The molecule has 24 heavy (non-hydrogen) atoms. The van der Waals surface area contributed by atoms with Crippen LogP contribution in [0, 0.1) is 16.0 Å². The summed E-state index contributed by atoms with van der Waals surface area (Å²) >= 11 is 0. The summed E-state index contributed by atoms with van der Waals surface area (Å²) < 4.78 is 28.6. The second-order valence-corrected chi connectivity index (χ2v) is 7.26. The van der Waals surface area contributed by atoms with E-state index >= 15 is 0 Å². The number of nitrogens with zero attached hydrogens (tertiary/aromatic N) is 2. The number of hydrogen-bond donors (Lipinski definition) is 0. The van der Waals surface area contributed by atoms with Crippen LogP contribution in [0.5, 0.6) is 0 Å². The molecule has 0 heterocycles. The molecule has 0 fully saturated rings. The van der Waals surface area contributed by atoms with Crippen LogP contribution in [-0.4, -0.2) is 24.8 Å². The van der Waals surface area contributed by atoms with Crippen molar-refractivity contribution in [1.82, 2.24) is 0 Å². The smallest absolute Gasteiger partial charge is 0.283 e. The molecule has 0 aliphatic heterocycles. The van der Waals surface area contributed by atoms with Gasteiger partial charge in [-0.2, -0.15) is 12.8 Å². The van der Waals surface area contributed by atoms with Gasteiger partial charge in [0.05, 0.1) is 15.5 Å². The molecule has 1 aliphatic carbocycles. The minimum absolute atomic E-state index is 0.0763. The van der Waals surface area contributed by atoms with Crippen LogP contribution >= 0.6 is 0 Å². The summed E-state index contributed by atoms with van der Waals surface area (Å²) in [4.78, 5) is 21.8. The van der Waals surface area contributed by atoms with Crippen molar-refractivity contribution in [3.8, 4) is 0 Å². The standard InChI is InChI=1S/C16H16N2O5S/c1-10(2)14-9-15(11(3)7-16(14)19)17-24(22,23)13-6-4-5-12(8-13)18(20)21/h4-10H,1-3H3/b17-15+. The van der Waals surface area contributed by atoms with Crippen LogP contribution in [0.3, 0.4) is 0 Å². The molecule has 0 saturated carbocycles. The van der Waals surface area contributed by atoms with Crippen molar-refractivity contribution in [2.75, 3.05) is 0 Å². The van der Waals surface area contributed by atoms with Crippen molar-refractivity contribution >= 4 is 27.2 Å². The van der Waals surface area contributed by atoms with Crippen molar-refractivity contribution in [2.24, 2.45) is 10.3 Å². The zero-order chi connectivity index (χ0) is 18.1. The highest BCUT2D eigenvalue weighted by Gasteiger charge is 2.22. The van der Waals surface area contributed by atoms with Crippen LogP contribution in [0.1, 0.15) is 20.8 Å². The summed E-state index contributed by atoms with van der Waals surface area (Å²) in [5.41, 5.74) is 0.720. The lowest BCUT2D eigenvalue weighted by Crippen LogP contribution is -2.16. The Morgan fingerprint density at radius 2 is 1.88 bits per heavy atom. The second kappa shape index (κ2) is 6.48. The Morgan fingerprint density at radius 3 is 2.46 bits per heavy atom. The molecule has 1 aromatic rings. The first-order valence-corrected chi connectivity index (χ1v) is 8.60. The van der Waals surface area contributed by atoms with Gasteiger partial charge in [0.15, 0.2) is 5.78 Å². The molecule has 0 unspecified atom stereocenters. The predicted molar refractivity (Wildman–Crippen MR) is 89.4 cm³/mol. The molecule has 0 spiro atoms. The maximum absolute atomic E-state index is 12.4. The van der Waals surface area contributed by atoms with E-state index in [9.17, 15) is 23.3 Å². The Kier molecular flexibility index (Phi) is 4.79. The Balaban J connectivity index is 2.52. The van der Waals surface area contributed by atoms with Crippen molar-refractivity contribution in [3.05, 3.63) is 57.7 Å². The van der Waals surface area contributed by atoms with E-state index in [1.807, 2.05) is 13.8 Å². The molecule has 0 amide bonds. The van der Waals surface area contributed by atoms with Crippen molar-refractivity contribution < 1.29 is 18.1 Å². The van der Waals surface area contributed by atoms with Crippen LogP contribution in [0.15, 0.2) is 56.9 Å². The average Bonchev–Trinajstić information content (AvgIpc) is 2.49. The largest absolute Gasteiger partial charge is 0.290 e. The van der Waals surface area contributed by atoms with Crippen LogP contribution < -0.4 is 0 Å². The van der Waals surface area contributed by atoms with E-state index in [1.165, 1.54) is 30.4 Å². The minimum atomic E-state index is -4.13. The fourth-order valence-electron chi connectivity index (χ4n) is 2.18. The average molecular weight is 348 g/mol. The van der Waals surface area contributed by atoms with E-state index in [1.54, 1.807) is 6.92 Å². The van der Waals surface area contributed by atoms with Crippen molar-refractivity contribution in [1.29, 1.82) is 0 Å². The number of nitro groups is 1. The summed E-state index contributed by atoms with van der Waals surface area (Å²) in [5.74, 6) is -0.248. The van der Waals surface area contributed by atoms with E-state index < -0.39 is 14.9 Å². The number of sulfonamides is 1. The van der Waals surface area contributed by atoms with Crippen LogP contribution in [0.2, 0.25) is 0 Å². The van der Waals surface area contributed by atoms with Gasteiger partial charge in [0, 0.05) is 17.7 Å². The lowest BCUT2D eigenvalue weighted by atomic mass is 9.90. The number of carbonyl (C=O) groups excluding carboxylic acids is 1. The van der Waals surface area contributed by atoms with Gasteiger partial charge < -0.3 is 0 Å². The normalized spacial score (nSPS) is 17.0. The predicted octanol–water partition coefficient (Wildman–Crippen LogP) is 2.84. The zero-order valence-corrected chi connectivity index (χ0v) is 14.2. The second-order valence-electron chi connectivity index (χ2n) is 5.65. The summed E-state index contributed by atoms with van der Waals surface area (Å²) in [6, 6.07) is 4.69. The van der Waals surface area contributed by atoms with E-state index in [0.29, 0.717) is 11.1 Å². The molecule has 0 bridgehead atoms. The summed E-state index contributed by atoms with van der Waals surface area (Å²) in [5, 5.41) is 10.8. The van der Waals surface area contributed by atoms with Crippen LogP contribution in [0.4, 0.5) is 5.69 Å². The molecule has 2 rings (SSSR count). The molecule has 1 aromatic carbocycles. The molecular formula is C16H16N2O5S. The van der Waals surface area contributed by atoms with Gasteiger partial charge in [-0.15, -0.1) is 0 Å².